The molecule has 4 N–H and O–H groups in total. The summed E-state index contributed by atoms with van der Waals surface area (Å²) in [6.07, 6.45) is 7.21. The predicted octanol–water partition coefficient (Wildman–Crippen LogP) is 4.68. The van der Waals surface area contributed by atoms with Gasteiger partial charge in [0.05, 0.1) is 17.9 Å². The van der Waals surface area contributed by atoms with Gasteiger partial charge in [0.15, 0.2) is 0 Å². The molecule has 0 aromatic carbocycles. The average molecular weight is 476 g/mol. The van der Waals surface area contributed by atoms with Gasteiger partial charge in [-0.2, -0.15) is 0 Å². The molecule has 0 spiro atoms. The number of amides is 2. The molecule has 34 heavy (non-hydrogen) atoms. The number of nitrogens with zero attached hydrogens (tertiary/aromatic N) is 3. The van der Waals surface area contributed by atoms with Crippen molar-refractivity contribution in [3.63, 3.8) is 0 Å². The Labute approximate surface area is 203 Å². The molecule has 8 nitrogen and oxygen atoms in total. The van der Waals surface area contributed by atoms with Crippen LogP contribution in [0.3, 0.4) is 0 Å². The molecule has 1 saturated carbocycles. The maximum atomic E-state index is 12.8. The number of carbonyl (C=O) groups excluding carboxylic acids is 1. The Kier molecular flexibility index (Phi) is 6.30. The first kappa shape index (κ1) is 22.5. The quantitative estimate of drug-likeness (QED) is 0.371. The zero-order chi connectivity index (χ0) is 23.7. The van der Waals surface area contributed by atoms with Gasteiger partial charge in [-0.1, -0.05) is 0 Å². The number of aryl methyl sites for hydroxylation is 1. The Morgan fingerprint density at radius 2 is 2.00 bits per heavy atom. The largest absolute Gasteiger partial charge is 0.354 e. The number of hydrogen-bond donors (Lipinski definition) is 4. The van der Waals surface area contributed by atoms with Crippen molar-refractivity contribution in [1.29, 1.82) is 5.41 Å². The summed E-state index contributed by atoms with van der Waals surface area (Å²) in [5.74, 6) is 1.44. The van der Waals surface area contributed by atoms with Gasteiger partial charge in [0.2, 0.25) is 0 Å². The fraction of sp³-hybridized carbons (Fsp3) is 0.360. The standard InChI is InChI=1S/C25H29N7OS/c1-15-9-18(7-8-27-15)29-20-12-28-24(10-17(20)11-26)31-25(33)30-21-14-32(2)13-19(21)23-6-5-22(34-23)16-3-4-16/h5-12,16,19,21,26H,3-4,13-14H2,1-2H3,(H,27,29)(H2,28,30,31,33)/t19-,21-/m0/s1. The molecule has 2 fully saturated rings. The Bertz CT molecular complexity index is 1210. The van der Waals surface area contributed by atoms with Crippen molar-refractivity contribution in [1.82, 2.24) is 20.2 Å². The number of urea groups is 1. The van der Waals surface area contributed by atoms with Crippen LogP contribution in [0.25, 0.3) is 0 Å². The third-order valence-electron chi connectivity index (χ3n) is 6.32. The van der Waals surface area contributed by atoms with Crippen LogP contribution >= 0.6 is 11.3 Å². The van der Waals surface area contributed by atoms with Gasteiger partial charge in [-0.05, 0) is 63.1 Å². The molecule has 3 aromatic rings. The molecule has 1 aliphatic carbocycles. The Balaban J connectivity index is 1.24. The third-order valence-corrected chi connectivity index (χ3v) is 7.70. The number of carbonyl (C=O) groups is 1. The summed E-state index contributed by atoms with van der Waals surface area (Å²) in [7, 11) is 2.09. The molecule has 4 heterocycles. The Morgan fingerprint density at radius 1 is 1.18 bits per heavy atom. The minimum absolute atomic E-state index is 0.0359. The molecule has 0 unspecified atom stereocenters. The average Bonchev–Trinajstić information content (AvgIpc) is 3.43. The molecule has 5 rings (SSSR count). The first-order valence-electron chi connectivity index (χ1n) is 11.5. The normalized spacial score (nSPS) is 20.2. The second-order valence-electron chi connectivity index (χ2n) is 9.16. The number of likely N-dealkylation sites (N-methyl/N-ethyl adjacent to an activating group) is 1. The van der Waals surface area contributed by atoms with Crippen molar-refractivity contribution in [3.8, 4) is 0 Å². The molecule has 2 aliphatic rings. The highest BCUT2D eigenvalue weighted by atomic mass is 32.1. The predicted molar refractivity (Wildman–Crippen MR) is 137 cm³/mol. The van der Waals surface area contributed by atoms with E-state index in [1.807, 2.05) is 30.4 Å². The van der Waals surface area contributed by atoms with Crippen molar-refractivity contribution in [2.45, 2.75) is 37.6 Å². The van der Waals surface area contributed by atoms with Crippen LogP contribution in [0.2, 0.25) is 0 Å². The van der Waals surface area contributed by atoms with Crippen LogP contribution in [0, 0.1) is 12.3 Å². The van der Waals surface area contributed by atoms with Crippen LogP contribution in [-0.2, 0) is 0 Å². The number of nitrogens with one attached hydrogen (secondary N) is 4. The summed E-state index contributed by atoms with van der Waals surface area (Å²) in [6, 6.07) is 9.73. The Hall–Kier alpha value is -3.30. The van der Waals surface area contributed by atoms with Crippen LogP contribution in [0.5, 0.6) is 0 Å². The summed E-state index contributed by atoms with van der Waals surface area (Å²) in [4.78, 5) is 26.5. The van der Waals surface area contributed by atoms with Gasteiger partial charge in [0, 0.05) is 58.1 Å². The van der Waals surface area contributed by atoms with E-state index >= 15 is 0 Å². The highest BCUT2D eigenvalue weighted by molar-refractivity contribution is 7.12. The van der Waals surface area contributed by atoms with Crippen LogP contribution in [0.4, 0.5) is 22.0 Å². The molecule has 1 aliphatic heterocycles. The highest BCUT2D eigenvalue weighted by Crippen LogP contribution is 2.45. The van der Waals surface area contributed by atoms with E-state index in [0.29, 0.717) is 17.1 Å². The SMILES string of the molecule is Cc1cc(Nc2cnc(NC(=O)N[C@H]3CN(C)C[C@@H]3c3ccc(C4CC4)s3)cc2C=N)ccn1. The lowest BCUT2D eigenvalue weighted by molar-refractivity contribution is 0.247. The van der Waals surface area contributed by atoms with Crippen LogP contribution < -0.4 is 16.0 Å². The van der Waals surface area contributed by atoms with Crippen LogP contribution in [0.1, 0.15) is 45.7 Å². The second-order valence-corrected chi connectivity index (χ2v) is 10.3. The van der Waals surface area contributed by atoms with Gasteiger partial charge in [-0.3, -0.25) is 10.3 Å². The van der Waals surface area contributed by atoms with Crippen molar-refractivity contribution < 1.29 is 4.79 Å². The maximum absolute atomic E-state index is 12.8. The number of likely N-dealkylation sites (tertiary alicyclic amines) is 1. The minimum atomic E-state index is -0.279. The molecule has 0 radical (unpaired) electrons. The number of aromatic nitrogens is 2. The summed E-state index contributed by atoms with van der Waals surface area (Å²) in [6.45, 7) is 3.66. The van der Waals surface area contributed by atoms with Gasteiger partial charge in [-0.15, -0.1) is 11.3 Å². The molecule has 9 heteroatoms. The topological polar surface area (TPSA) is 106 Å². The number of anilines is 3. The van der Waals surface area contributed by atoms with Crippen LogP contribution in [0.15, 0.2) is 42.7 Å². The van der Waals surface area contributed by atoms with E-state index in [-0.39, 0.29) is 18.0 Å². The van der Waals surface area contributed by atoms with Gasteiger partial charge in [0.1, 0.15) is 5.82 Å². The highest BCUT2D eigenvalue weighted by Gasteiger charge is 2.35. The lowest BCUT2D eigenvalue weighted by Gasteiger charge is -2.19. The van der Waals surface area contributed by atoms with Crippen molar-refractivity contribution in [2.75, 3.05) is 30.8 Å². The lowest BCUT2D eigenvalue weighted by Crippen LogP contribution is -2.42. The van der Waals surface area contributed by atoms with E-state index in [1.54, 1.807) is 18.5 Å². The molecule has 0 bridgehead atoms. The first-order chi connectivity index (χ1) is 16.5. The van der Waals surface area contributed by atoms with Crippen molar-refractivity contribution >= 4 is 40.8 Å². The molecular formula is C25H29N7OS. The summed E-state index contributed by atoms with van der Waals surface area (Å²) in [5.41, 5.74) is 3.08. The van der Waals surface area contributed by atoms with E-state index < -0.39 is 0 Å². The molecule has 2 amide bonds. The smallest absolute Gasteiger partial charge is 0.320 e. The zero-order valence-electron chi connectivity index (χ0n) is 19.3. The summed E-state index contributed by atoms with van der Waals surface area (Å²) < 4.78 is 0. The van der Waals surface area contributed by atoms with Gasteiger partial charge >= 0.3 is 6.03 Å². The second kappa shape index (κ2) is 9.52. The fourth-order valence-electron chi connectivity index (χ4n) is 4.45. The lowest BCUT2D eigenvalue weighted by atomic mass is 10.0. The summed E-state index contributed by atoms with van der Waals surface area (Å²) in [5, 5.41) is 17.1. The monoisotopic (exact) mass is 475 g/mol. The Morgan fingerprint density at radius 3 is 2.76 bits per heavy atom. The van der Waals surface area contributed by atoms with Crippen LogP contribution in [-0.4, -0.2) is 53.3 Å². The molecule has 1 saturated heterocycles. The number of thiophene rings is 1. The summed E-state index contributed by atoms with van der Waals surface area (Å²) >= 11 is 1.90. The minimum Gasteiger partial charge on any atom is -0.354 e. The van der Waals surface area contributed by atoms with E-state index in [0.717, 1.165) is 30.4 Å². The van der Waals surface area contributed by atoms with Gasteiger partial charge < -0.3 is 20.9 Å². The van der Waals surface area contributed by atoms with Crippen molar-refractivity contribution in [3.05, 3.63) is 63.7 Å². The van der Waals surface area contributed by atoms with E-state index in [2.05, 4.69) is 50.0 Å². The number of rotatable bonds is 7. The zero-order valence-corrected chi connectivity index (χ0v) is 20.2. The number of hydrogen-bond acceptors (Lipinski definition) is 7. The molecule has 176 valence electrons. The van der Waals surface area contributed by atoms with E-state index in [9.17, 15) is 4.79 Å². The number of pyridine rings is 2. The van der Waals surface area contributed by atoms with Gasteiger partial charge in [-0.25, -0.2) is 9.78 Å². The van der Waals surface area contributed by atoms with Gasteiger partial charge in [0.25, 0.3) is 0 Å². The first-order valence-corrected chi connectivity index (χ1v) is 12.4. The maximum Gasteiger partial charge on any atom is 0.320 e. The van der Waals surface area contributed by atoms with E-state index in [4.69, 9.17) is 5.41 Å². The molecule has 2 atom stereocenters. The van der Waals surface area contributed by atoms with E-state index in [1.165, 1.54) is 28.8 Å². The fourth-order valence-corrected chi connectivity index (χ4v) is 5.79. The molecular weight excluding hydrogens is 446 g/mol. The van der Waals surface area contributed by atoms with Crippen molar-refractivity contribution in [2.24, 2.45) is 0 Å². The third kappa shape index (κ3) is 5.10. The molecule has 3 aromatic heterocycles.